The lowest BCUT2D eigenvalue weighted by Gasteiger charge is -2.18. The largest absolute Gasteiger partial charge is 0.462 e. The van der Waals surface area contributed by atoms with Crippen LogP contribution in [0.15, 0.2) is 48.6 Å². The quantitative estimate of drug-likeness (QED) is 0.0261. The van der Waals surface area contributed by atoms with Crippen LogP contribution >= 0.6 is 0 Å². The van der Waals surface area contributed by atoms with E-state index < -0.39 is 6.10 Å². The summed E-state index contributed by atoms with van der Waals surface area (Å²) in [5.74, 6) is -0.863. The number of esters is 3. The molecule has 0 amide bonds. The molecule has 6 nitrogen and oxygen atoms in total. The summed E-state index contributed by atoms with van der Waals surface area (Å²) in [5, 5.41) is 0. The Hall–Kier alpha value is -2.63. The Kier molecular flexibility index (Phi) is 66.6. The number of carbonyl (C=O) groups is 3. The Morgan fingerprint density at radius 1 is 0.250 bits per heavy atom. The van der Waals surface area contributed by atoms with Crippen LogP contribution in [-0.2, 0) is 28.6 Å². The molecule has 0 aromatic heterocycles. The van der Waals surface area contributed by atoms with Crippen molar-refractivity contribution in [1.82, 2.24) is 0 Å². The molecule has 0 bridgehead atoms. The van der Waals surface area contributed by atoms with Crippen LogP contribution in [-0.4, -0.2) is 37.2 Å². The summed E-state index contributed by atoms with van der Waals surface area (Å²) in [6.07, 6.45) is 87.3. The number of ether oxygens (including phenoxy) is 3. The molecule has 0 spiro atoms. The van der Waals surface area contributed by atoms with Gasteiger partial charge in [-0.25, -0.2) is 0 Å². The monoisotopic (exact) mass is 1120 g/mol. The highest BCUT2D eigenvalue weighted by atomic mass is 16.6. The minimum atomic E-state index is -0.777. The second-order valence-corrected chi connectivity index (χ2v) is 24.1. The van der Waals surface area contributed by atoms with Crippen LogP contribution in [0.4, 0.5) is 0 Å². The van der Waals surface area contributed by atoms with Gasteiger partial charge in [-0.1, -0.05) is 333 Å². The van der Waals surface area contributed by atoms with E-state index in [2.05, 4.69) is 69.4 Å². The first-order chi connectivity index (χ1) is 39.5. The fourth-order valence-corrected chi connectivity index (χ4v) is 10.7. The number of unbranched alkanes of at least 4 members (excludes halogenated alkanes) is 47. The summed E-state index contributed by atoms with van der Waals surface area (Å²) in [7, 11) is 0. The Morgan fingerprint density at radius 3 is 0.713 bits per heavy atom. The molecule has 0 saturated carbocycles. The lowest BCUT2D eigenvalue weighted by Crippen LogP contribution is -2.30. The molecule has 0 fully saturated rings. The maximum atomic E-state index is 12.9. The van der Waals surface area contributed by atoms with Gasteiger partial charge in [-0.3, -0.25) is 14.4 Å². The average molecular weight is 1120 g/mol. The molecule has 1 atom stereocenters. The molecule has 0 radical (unpaired) electrons. The molecule has 0 aromatic carbocycles. The van der Waals surface area contributed by atoms with Gasteiger partial charge in [-0.2, -0.15) is 0 Å². The molecule has 0 saturated heterocycles. The second kappa shape index (κ2) is 68.9. The van der Waals surface area contributed by atoms with E-state index in [9.17, 15) is 14.4 Å². The minimum Gasteiger partial charge on any atom is -0.462 e. The van der Waals surface area contributed by atoms with Crippen molar-refractivity contribution in [2.45, 2.75) is 393 Å². The van der Waals surface area contributed by atoms with Crippen LogP contribution in [0.1, 0.15) is 387 Å². The van der Waals surface area contributed by atoms with Gasteiger partial charge >= 0.3 is 17.9 Å². The molecule has 6 heteroatoms. The van der Waals surface area contributed by atoms with Crippen molar-refractivity contribution < 1.29 is 28.6 Å². The van der Waals surface area contributed by atoms with Gasteiger partial charge in [-0.15, -0.1) is 0 Å². The van der Waals surface area contributed by atoms with E-state index in [1.807, 2.05) is 0 Å². The van der Waals surface area contributed by atoms with Crippen molar-refractivity contribution in [2.24, 2.45) is 0 Å². The summed E-state index contributed by atoms with van der Waals surface area (Å²) in [5.41, 5.74) is 0. The first-order valence-electron chi connectivity index (χ1n) is 35.6. The summed E-state index contributed by atoms with van der Waals surface area (Å²) >= 11 is 0. The molecular formula is C74H136O6. The van der Waals surface area contributed by atoms with Crippen molar-refractivity contribution in [3.8, 4) is 0 Å². The van der Waals surface area contributed by atoms with Crippen molar-refractivity contribution in [3.63, 3.8) is 0 Å². The van der Waals surface area contributed by atoms with Crippen LogP contribution in [0.3, 0.4) is 0 Å². The van der Waals surface area contributed by atoms with Crippen LogP contribution in [0.25, 0.3) is 0 Å². The number of rotatable bonds is 66. The molecule has 1 unspecified atom stereocenters. The zero-order chi connectivity index (χ0) is 57.8. The van der Waals surface area contributed by atoms with Gasteiger partial charge in [0.2, 0.25) is 0 Å². The third kappa shape index (κ3) is 66.2. The predicted molar refractivity (Wildman–Crippen MR) is 349 cm³/mol. The number of hydrogen-bond donors (Lipinski definition) is 0. The molecule has 0 rings (SSSR count). The molecular weight excluding hydrogens is 985 g/mol. The van der Waals surface area contributed by atoms with Crippen LogP contribution < -0.4 is 0 Å². The summed E-state index contributed by atoms with van der Waals surface area (Å²) in [4.78, 5) is 38.3. The lowest BCUT2D eigenvalue weighted by atomic mass is 10.0. The molecule has 80 heavy (non-hydrogen) atoms. The normalized spacial score (nSPS) is 12.3. The average Bonchev–Trinajstić information content (AvgIpc) is 3.46. The first kappa shape index (κ1) is 77.4. The van der Waals surface area contributed by atoms with Gasteiger partial charge in [0.1, 0.15) is 13.2 Å². The van der Waals surface area contributed by atoms with E-state index in [1.165, 1.54) is 257 Å². The smallest absolute Gasteiger partial charge is 0.306 e. The highest BCUT2D eigenvalue weighted by molar-refractivity contribution is 5.71. The number of carbonyl (C=O) groups excluding carboxylic acids is 3. The highest BCUT2D eigenvalue weighted by Gasteiger charge is 2.19. The SMILES string of the molecule is CCCCC/C=C\C/C=C\CCCCCCCC(=O)OC(COC(=O)CCCCCCCCCCCCCC)COC(=O)CCCCCCCCCCCCCCCCCCCCCCCCC/C=C\C/C=C\CCCCCCC. The predicted octanol–water partition coefficient (Wildman–Crippen LogP) is 24.5. The summed E-state index contributed by atoms with van der Waals surface area (Å²) in [6, 6.07) is 0. The molecule has 0 N–H and O–H groups in total. The Balaban J connectivity index is 4.04. The van der Waals surface area contributed by atoms with E-state index >= 15 is 0 Å². The maximum absolute atomic E-state index is 12.9. The second-order valence-electron chi connectivity index (χ2n) is 24.1. The number of hydrogen-bond acceptors (Lipinski definition) is 6. The van der Waals surface area contributed by atoms with Crippen LogP contribution in [0, 0.1) is 0 Å². The van der Waals surface area contributed by atoms with Crippen LogP contribution in [0.2, 0.25) is 0 Å². The molecule has 0 aliphatic heterocycles. The van der Waals surface area contributed by atoms with Gasteiger partial charge in [0, 0.05) is 19.3 Å². The molecule has 0 aliphatic carbocycles. The first-order valence-corrected chi connectivity index (χ1v) is 35.6. The van der Waals surface area contributed by atoms with E-state index in [0.717, 1.165) is 89.9 Å². The Labute approximate surface area is 498 Å². The van der Waals surface area contributed by atoms with E-state index in [-0.39, 0.29) is 31.1 Å². The third-order valence-electron chi connectivity index (χ3n) is 16.1. The van der Waals surface area contributed by atoms with Crippen molar-refractivity contribution in [2.75, 3.05) is 13.2 Å². The number of allylic oxidation sites excluding steroid dienone is 8. The highest BCUT2D eigenvalue weighted by Crippen LogP contribution is 2.18. The van der Waals surface area contributed by atoms with Crippen molar-refractivity contribution >= 4 is 17.9 Å². The zero-order valence-electron chi connectivity index (χ0n) is 53.9. The van der Waals surface area contributed by atoms with Gasteiger partial charge in [-0.05, 0) is 83.5 Å². The van der Waals surface area contributed by atoms with Crippen molar-refractivity contribution in [1.29, 1.82) is 0 Å². The van der Waals surface area contributed by atoms with Gasteiger partial charge in [0.25, 0.3) is 0 Å². The van der Waals surface area contributed by atoms with E-state index in [1.54, 1.807) is 0 Å². The minimum absolute atomic E-state index is 0.0732. The van der Waals surface area contributed by atoms with Crippen molar-refractivity contribution in [3.05, 3.63) is 48.6 Å². The van der Waals surface area contributed by atoms with E-state index in [4.69, 9.17) is 14.2 Å². The topological polar surface area (TPSA) is 78.9 Å². The van der Waals surface area contributed by atoms with E-state index in [0.29, 0.717) is 19.3 Å². The maximum Gasteiger partial charge on any atom is 0.306 e. The Morgan fingerprint density at radius 2 is 0.450 bits per heavy atom. The molecule has 0 aromatic rings. The van der Waals surface area contributed by atoms with Crippen LogP contribution in [0.5, 0.6) is 0 Å². The van der Waals surface area contributed by atoms with Gasteiger partial charge in [0.05, 0.1) is 0 Å². The lowest BCUT2D eigenvalue weighted by molar-refractivity contribution is -0.167. The Bertz CT molecular complexity index is 1380. The molecule has 0 aliphatic rings. The molecule has 468 valence electrons. The third-order valence-corrected chi connectivity index (χ3v) is 16.1. The fraction of sp³-hybridized carbons (Fsp3) is 0.851. The zero-order valence-corrected chi connectivity index (χ0v) is 53.9. The molecule has 0 heterocycles. The summed E-state index contributed by atoms with van der Waals surface area (Å²) in [6.45, 7) is 6.64. The van der Waals surface area contributed by atoms with Gasteiger partial charge < -0.3 is 14.2 Å². The van der Waals surface area contributed by atoms with Gasteiger partial charge in [0.15, 0.2) is 6.10 Å². The standard InChI is InChI=1S/C74H136O6/c1-4-7-10-13-16-19-22-25-27-28-29-30-31-32-33-34-35-36-37-38-39-40-41-42-43-44-45-46-48-49-52-55-58-61-64-67-73(76)79-70-71(69-78-72(75)66-63-60-57-54-51-24-21-18-15-12-9-6-3)80-74(77)68-65-62-59-56-53-50-47-26-23-20-17-14-11-8-5-2/h17,20,22,25-26,28-29,47,71H,4-16,18-19,21,23-24,27,30-46,48-70H2,1-3H3/b20-17-,25-22-,29-28-,47-26-. The summed E-state index contributed by atoms with van der Waals surface area (Å²) < 4.78 is 16.9. The fourth-order valence-electron chi connectivity index (χ4n) is 10.7.